The minimum atomic E-state index is -4.67. The third kappa shape index (κ3) is 5.28. The molecule has 140 valence electrons. The highest BCUT2D eigenvalue weighted by molar-refractivity contribution is 8.00. The molecule has 1 saturated heterocycles. The molecule has 0 unspecified atom stereocenters. The van der Waals surface area contributed by atoms with Gasteiger partial charge >= 0.3 is 12.2 Å². The highest BCUT2D eigenvalue weighted by Gasteiger charge is 2.54. The predicted molar refractivity (Wildman–Crippen MR) is 92.9 cm³/mol. The number of piperidine rings is 1. The Morgan fingerprint density at radius 2 is 1.68 bits per heavy atom. The van der Waals surface area contributed by atoms with Gasteiger partial charge in [-0.05, 0) is 24.3 Å². The topological polar surface area (TPSA) is 52.6 Å². The van der Waals surface area contributed by atoms with E-state index in [2.05, 4.69) is 26.1 Å². The Morgan fingerprint density at radius 3 is 2.12 bits per heavy atom. The first-order valence-electron chi connectivity index (χ1n) is 8.04. The lowest BCUT2D eigenvalue weighted by atomic mass is 9.91. The van der Waals surface area contributed by atoms with Gasteiger partial charge in [0, 0.05) is 41.3 Å². The van der Waals surface area contributed by atoms with Gasteiger partial charge in [-0.15, -0.1) is 11.8 Å². The number of alkyl halides is 3. The minimum absolute atomic E-state index is 0.0772. The van der Waals surface area contributed by atoms with Crippen molar-refractivity contribution in [2.24, 2.45) is 0 Å². The van der Waals surface area contributed by atoms with E-state index in [9.17, 15) is 23.1 Å². The van der Waals surface area contributed by atoms with E-state index in [0.29, 0.717) is 5.69 Å². The van der Waals surface area contributed by atoms with Crippen LogP contribution in [0.5, 0.6) is 0 Å². The molecule has 1 aliphatic heterocycles. The number of likely N-dealkylation sites (tertiary alicyclic amines) is 1. The van der Waals surface area contributed by atoms with E-state index in [1.54, 1.807) is 23.9 Å². The Labute approximate surface area is 149 Å². The molecule has 2 amide bonds. The van der Waals surface area contributed by atoms with Crippen molar-refractivity contribution in [1.29, 1.82) is 0 Å². The van der Waals surface area contributed by atoms with Crippen molar-refractivity contribution >= 4 is 23.5 Å². The lowest BCUT2D eigenvalue weighted by Gasteiger charge is -2.38. The van der Waals surface area contributed by atoms with Gasteiger partial charge < -0.3 is 15.3 Å². The second-order valence-electron chi connectivity index (χ2n) is 7.19. The smallest absolute Gasteiger partial charge is 0.380 e. The van der Waals surface area contributed by atoms with Gasteiger partial charge in [0.1, 0.15) is 0 Å². The summed E-state index contributed by atoms with van der Waals surface area (Å²) >= 11 is 1.70. The molecule has 0 atom stereocenters. The van der Waals surface area contributed by atoms with Crippen LogP contribution in [-0.2, 0) is 0 Å². The highest BCUT2D eigenvalue weighted by Crippen LogP contribution is 2.38. The molecule has 1 heterocycles. The van der Waals surface area contributed by atoms with Crippen LogP contribution in [0.1, 0.15) is 33.6 Å². The van der Waals surface area contributed by atoms with Gasteiger partial charge in [-0.25, -0.2) is 4.79 Å². The molecule has 0 aromatic heterocycles. The van der Waals surface area contributed by atoms with Gasteiger partial charge in [0.25, 0.3) is 0 Å². The van der Waals surface area contributed by atoms with Crippen LogP contribution >= 0.6 is 11.8 Å². The Balaban J connectivity index is 1.91. The van der Waals surface area contributed by atoms with Crippen LogP contribution in [0.2, 0.25) is 0 Å². The SMILES string of the molecule is CC(C)(C)Sc1ccc(NC(=O)N2CCC(O)(C(F)(F)F)CC2)cc1. The predicted octanol–water partition coefficient (Wildman–Crippen LogP) is 4.50. The number of carbonyl (C=O) groups excluding carboxylic acids is 1. The van der Waals surface area contributed by atoms with Crippen molar-refractivity contribution in [3.63, 3.8) is 0 Å². The van der Waals surface area contributed by atoms with E-state index < -0.39 is 30.7 Å². The number of amides is 2. The van der Waals surface area contributed by atoms with Gasteiger partial charge in [-0.1, -0.05) is 20.8 Å². The summed E-state index contributed by atoms with van der Waals surface area (Å²) in [4.78, 5) is 14.5. The second-order valence-corrected chi connectivity index (χ2v) is 9.09. The third-order valence-corrected chi connectivity index (χ3v) is 5.06. The molecule has 0 spiro atoms. The second kappa shape index (κ2) is 7.07. The van der Waals surface area contributed by atoms with Gasteiger partial charge in [0.2, 0.25) is 0 Å². The average Bonchev–Trinajstić information content (AvgIpc) is 2.47. The zero-order valence-electron chi connectivity index (χ0n) is 14.5. The van der Waals surface area contributed by atoms with Crippen molar-refractivity contribution in [3.05, 3.63) is 24.3 Å². The van der Waals surface area contributed by atoms with Crippen LogP contribution in [0.25, 0.3) is 0 Å². The van der Waals surface area contributed by atoms with Crippen LogP contribution in [0, 0.1) is 0 Å². The van der Waals surface area contributed by atoms with Crippen LogP contribution < -0.4 is 5.32 Å². The number of benzene rings is 1. The molecule has 2 N–H and O–H groups in total. The van der Waals surface area contributed by atoms with Crippen LogP contribution in [0.4, 0.5) is 23.7 Å². The molecule has 0 aliphatic carbocycles. The lowest BCUT2D eigenvalue weighted by molar-refractivity contribution is -0.271. The van der Waals surface area contributed by atoms with Gasteiger partial charge in [-0.2, -0.15) is 13.2 Å². The maximum Gasteiger partial charge on any atom is 0.417 e. The number of hydrogen-bond donors (Lipinski definition) is 2. The molecular weight excluding hydrogens is 353 g/mol. The molecule has 8 heteroatoms. The number of nitrogens with zero attached hydrogens (tertiary/aromatic N) is 1. The van der Waals surface area contributed by atoms with Crippen molar-refractivity contribution in [1.82, 2.24) is 4.90 Å². The van der Waals surface area contributed by atoms with E-state index in [1.807, 2.05) is 12.1 Å². The summed E-state index contributed by atoms with van der Waals surface area (Å²) in [5.74, 6) is 0. The fourth-order valence-corrected chi connectivity index (χ4v) is 3.50. The summed E-state index contributed by atoms with van der Waals surface area (Å²) in [6.45, 7) is 6.03. The largest absolute Gasteiger partial charge is 0.417 e. The summed E-state index contributed by atoms with van der Waals surface area (Å²) in [7, 11) is 0. The van der Waals surface area contributed by atoms with Crippen molar-refractivity contribution in [2.45, 2.75) is 55.0 Å². The Kier molecular flexibility index (Phi) is 5.63. The minimum Gasteiger partial charge on any atom is -0.380 e. The number of hydrogen-bond acceptors (Lipinski definition) is 3. The summed E-state index contributed by atoms with van der Waals surface area (Å²) in [6.07, 6.45) is -5.69. The average molecular weight is 376 g/mol. The first-order valence-corrected chi connectivity index (χ1v) is 8.85. The molecule has 25 heavy (non-hydrogen) atoms. The van der Waals surface area contributed by atoms with Gasteiger partial charge in [0.05, 0.1) is 0 Å². The number of thioether (sulfide) groups is 1. The normalized spacial score (nSPS) is 18.1. The van der Waals surface area contributed by atoms with Crippen molar-refractivity contribution in [3.8, 4) is 0 Å². The number of carbonyl (C=O) groups is 1. The van der Waals surface area contributed by atoms with Crippen LogP contribution in [0.3, 0.4) is 0 Å². The van der Waals surface area contributed by atoms with E-state index in [-0.39, 0.29) is 17.8 Å². The lowest BCUT2D eigenvalue weighted by Crippen LogP contribution is -2.55. The molecule has 1 aliphatic rings. The van der Waals surface area contributed by atoms with Gasteiger partial charge in [-0.3, -0.25) is 0 Å². The molecule has 0 bridgehead atoms. The zero-order valence-corrected chi connectivity index (χ0v) is 15.3. The summed E-state index contributed by atoms with van der Waals surface area (Å²) in [5.41, 5.74) is -2.12. The number of rotatable bonds is 2. The molecule has 1 aromatic carbocycles. The molecule has 0 radical (unpaired) electrons. The molecule has 2 rings (SSSR count). The summed E-state index contributed by atoms with van der Waals surface area (Å²) in [6, 6.07) is 6.86. The summed E-state index contributed by atoms with van der Waals surface area (Å²) < 4.78 is 38.4. The quantitative estimate of drug-likeness (QED) is 0.748. The van der Waals surface area contributed by atoms with E-state index >= 15 is 0 Å². The Morgan fingerprint density at radius 1 is 1.16 bits per heavy atom. The standard InChI is InChI=1S/C17H23F3N2O2S/c1-15(2,3)25-13-6-4-12(5-7-13)21-14(23)22-10-8-16(24,9-11-22)17(18,19)20/h4-7,24H,8-11H2,1-3H3,(H,21,23). The molecule has 0 saturated carbocycles. The fraction of sp³-hybridized carbons (Fsp3) is 0.588. The maximum absolute atomic E-state index is 12.8. The van der Waals surface area contributed by atoms with E-state index in [0.717, 1.165) is 4.90 Å². The third-order valence-electron chi connectivity index (χ3n) is 3.94. The Hall–Kier alpha value is -1.41. The summed E-state index contributed by atoms with van der Waals surface area (Å²) in [5, 5.41) is 12.3. The van der Waals surface area contributed by atoms with E-state index in [4.69, 9.17) is 0 Å². The van der Waals surface area contributed by atoms with Crippen LogP contribution in [-0.4, -0.2) is 45.7 Å². The first kappa shape index (κ1) is 19.9. The first-order chi connectivity index (χ1) is 11.4. The van der Waals surface area contributed by atoms with Crippen LogP contribution in [0.15, 0.2) is 29.2 Å². The van der Waals surface area contributed by atoms with Crippen molar-refractivity contribution < 1.29 is 23.1 Å². The number of urea groups is 1. The van der Waals surface area contributed by atoms with Gasteiger partial charge in [0.15, 0.2) is 5.60 Å². The number of anilines is 1. The molecule has 1 aromatic rings. The molecular formula is C17H23F3N2O2S. The fourth-order valence-electron chi connectivity index (χ4n) is 2.53. The molecule has 4 nitrogen and oxygen atoms in total. The molecule has 1 fully saturated rings. The number of nitrogens with one attached hydrogen (secondary N) is 1. The monoisotopic (exact) mass is 376 g/mol. The van der Waals surface area contributed by atoms with E-state index in [1.165, 1.54) is 4.90 Å². The van der Waals surface area contributed by atoms with Crippen molar-refractivity contribution in [2.75, 3.05) is 18.4 Å². The zero-order chi connectivity index (χ0) is 18.9. The maximum atomic E-state index is 12.8. The number of aliphatic hydroxyl groups is 1. The number of halogens is 3. The Bertz CT molecular complexity index is 604. The highest BCUT2D eigenvalue weighted by atomic mass is 32.2.